The molecule has 1 spiro atoms. The fraction of sp³-hybridized carbons (Fsp3) is 0.379. The Labute approximate surface area is 231 Å². The Morgan fingerprint density at radius 3 is 2.74 bits per heavy atom. The number of allylic oxidation sites excluding steroid dienone is 1. The standard InChI is InChI=1S/C29H30ClN5O4/c30-22-3-1-2-4-23(22)32-12-9-18(31)15-34-13-10-29(11-14-34)17-39-26-20-16-35(24-7-8-25(36)33-27(24)37)28(38)19(20)5-6-21(26)29/h1-6,9,12,24H,7-8,10-11,13-17,31H2,(H,33,36,37). The van der Waals surface area contributed by atoms with Crippen molar-refractivity contribution in [1.29, 1.82) is 0 Å². The van der Waals surface area contributed by atoms with Crippen LogP contribution in [0, 0.1) is 0 Å². The number of halogens is 1. The lowest BCUT2D eigenvalue weighted by Gasteiger charge is -2.38. The molecule has 1 unspecified atom stereocenters. The Bertz CT molecular complexity index is 1410. The maximum absolute atomic E-state index is 13.2. The number of ether oxygens (including phenoxy) is 1. The first kappa shape index (κ1) is 25.6. The number of rotatable bonds is 5. The number of nitrogens with two attached hydrogens (primary N) is 1. The number of nitrogens with one attached hydrogen (secondary N) is 1. The molecule has 10 heteroatoms. The third-order valence-corrected chi connectivity index (χ3v) is 8.62. The van der Waals surface area contributed by atoms with Crippen molar-refractivity contribution in [3.8, 4) is 5.75 Å². The predicted octanol–water partition coefficient (Wildman–Crippen LogP) is 3.07. The largest absolute Gasteiger partial charge is 0.492 e. The van der Waals surface area contributed by atoms with Crippen molar-refractivity contribution in [1.82, 2.24) is 15.1 Å². The first-order valence-corrected chi connectivity index (χ1v) is 13.6. The van der Waals surface area contributed by atoms with E-state index in [2.05, 4.69) is 15.2 Å². The van der Waals surface area contributed by atoms with E-state index < -0.39 is 11.9 Å². The summed E-state index contributed by atoms with van der Waals surface area (Å²) < 4.78 is 6.27. The number of hydrogen-bond donors (Lipinski definition) is 2. The van der Waals surface area contributed by atoms with Gasteiger partial charge in [-0.25, -0.2) is 0 Å². The zero-order valence-corrected chi connectivity index (χ0v) is 22.2. The van der Waals surface area contributed by atoms with Crippen LogP contribution >= 0.6 is 11.6 Å². The zero-order valence-electron chi connectivity index (χ0n) is 21.5. The molecule has 39 heavy (non-hydrogen) atoms. The van der Waals surface area contributed by atoms with Gasteiger partial charge in [0, 0.05) is 47.0 Å². The van der Waals surface area contributed by atoms with Crippen molar-refractivity contribution in [2.45, 2.75) is 43.7 Å². The van der Waals surface area contributed by atoms with Crippen LogP contribution < -0.4 is 15.8 Å². The summed E-state index contributed by atoms with van der Waals surface area (Å²) in [5, 5.41) is 2.95. The zero-order chi connectivity index (χ0) is 27.1. The molecule has 0 aliphatic carbocycles. The highest BCUT2D eigenvalue weighted by Gasteiger charge is 2.47. The van der Waals surface area contributed by atoms with E-state index in [0.717, 1.165) is 48.5 Å². The highest BCUT2D eigenvalue weighted by Crippen LogP contribution is 2.49. The quantitative estimate of drug-likeness (QED) is 0.439. The van der Waals surface area contributed by atoms with E-state index in [-0.39, 0.29) is 23.7 Å². The number of piperidine rings is 2. The second-order valence-corrected chi connectivity index (χ2v) is 11.1. The van der Waals surface area contributed by atoms with Crippen molar-refractivity contribution in [3.05, 3.63) is 69.9 Å². The molecule has 0 aromatic heterocycles. The highest BCUT2D eigenvalue weighted by molar-refractivity contribution is 6.33. The van der Waals surface area contributed by atoms with Gasteiger partial charge in [-0.2, -0.15) is 0 Å². The Morgan fingerprint density at radius 1 is 1.18 bits per heavy atom. The summed E-state index contributed by atoms with van der Waals surface area (Å²) in [6.07, 6.45) is 5.92. The molecule has 3 N–H and O–H groups in total. The van der Waals surface area contributed by atoms with Crippen LogP contribution in [0.15, 0.2) is 53.2 Å². The van der Waals surface area contributed by atoms with E-state index in [4.69, 9.17) is 22.1 Å². The Hall–Kier alpha value is -3.69. The first-order valence-electron chi connectivity index (χ1n) is 13.2. The summed E-state index contributed by atoms with van der Waals surface area (Å²) in [7, 11) is 0. The molecule has 2 aromatic carbocycles. The maximum atomic E-state index is 13.2. The maximum Gasteiger partial charge on any atom is 0.255 e. The van der Waals surface area contributed by atoms with Crippen LogP contribution in [0.4, 0.5) is 5.69 Å². The van der Waals surface area contributed by atoms with E-state index >= 15 is 0 Å². The van der Waals surface area contributed by atoms with E-state index in [9.17, 15) is 14.4 Å². The van der Waals surface area contributed by atoms with Gasteiger partial charge in [0.1, 0.15) is 11.8 Å². The van der Waals surface area contributed by atoms with E-state index in [1.54, 1.807) is 17.2 Å². The summed E-state index contributed by atoms with van der Waals surface area (Å²) in [5.41, 5.74) is 10.2. The van der Waals surface area contributed by atoms with Crippen LogP contribution in [0.5, 0.6) is 5.75 Å². The molecular formula is C29H30ClN5O4. The van der Waals surface area contributed by atoms with Crippen LogP contribution in [0.2, 0.25) is 5.02 Å². The molecule has 2 saturated heterocycles. The Morgan fingerprint density at radius 2 is 1.97 bits per heavy atom. The average Bonchev–Trinajstić information content (AvgIpc) is 3.44. The van der Waals surface area contributed by atoms with Crippen LogP contribution in [-0.4, -0.2) is 66.0 Å². The fourth-order valence-electron chi connectivity index (χ4n) is 6.12. The molecule has 9 nitrogen and oxygen atoms in total. The number of fused-ring (bicyclic) bond motifs is 4. The summed E-state index contributed by atoms with van der Waals surface area (Å²) in [6, 6.07) is 10.7. The number of carbonyl (C=O) groups is 3. The highest BCUT2D eigenvalue weighted by atomic mass is 35.5. The van der Waals surface area contributed by atoms with Crippen molar-refractivity contribution in [2.24, 2.45) is 10.7 Å². The third kappa shape index (κ3) is 4.70. The SMILES string of the molecule is NC(=CC=Nc1ccccc1Cl)CN1CCC2(CC1)COc1c2ccc2c1CN(C1CCC(=O)NC1=O)C2=O. The molecule has 202 valence electrons. The van der Waals surface area contributed by atoms with Crippen molar-refractivity contribution >= 4 is 41.2 Å². The number of likely N-dealkylation sites (tertiary alicyclic amines) is 1. The van der Waals surface area contributed by atoms with Gasteiger partial charge in [-0.05, 0) is 56.6 Å². The summed E-state index contributed by atoms with van der Waals surface area (Å²) >= 11 is 6.15. The lowest BCUT2D eigenvalue weighted by Crippen LogP contribution is -2.52. The fourth-order valence-corrected chi connectivity index (χ4v) is 6.30. The molecular weight excluding hydrogens is 518 g/mol. The van der Waals surface area contributed by atoms with Crippen LogP contribution in [-0.2, 0) is 21.5 Å². The van der Waals surface area contributed by atoms with Gasteiger partial charge >= 0.3 is 0 Å². The number of carbonyl (C=O) groups excluding carboxylic acids is 3. The third-order valence-electron chi connectivity index (χ3n) is 8.30. The monoisotopic (exact) mass is 547 g/mol. The van der Waals surface area contributed by atoms with Gasteiger partial charge in [0.2, 0.25) is 11.8 Å². The molecule has 4 heterocycles. The number of nitrogens with zero attached hydrogens (tertiary/aromatic N) is 3. The van der Waals surface area contributed by atoms with Crippen LogP contribution in [0.3, 0.4) is 0 Å². The van der Waals surface area contributed by atoms with Gasteiger partial charge in [0.05, 0.1) is 23.9 Å². The molecule has 2 fully saturated rings. The summed E-state index contributed by atoms with van der Waals surface area (Å²) in [6.45, 7) is 3.30. The van der Waals surface area contributed by atoms with E-state index in [1.165, 1.54) is 0 Å². The average molecular weight is 548 g/mol. The molecule has 0 bridgehead atoms. The normalized spacial score (nSPS) is 22.8. The summed E-state index contributed by atoms with van der Waals surface area (Å²) in [4.78, 5) is 45.5. The molecule has 3 amide bonds. The number of para-hydroxylation sites is 1. The Balaban J connectivity index is 1.11. The van der Waals surface area contributed by atoms with Crippen molar-refractivity contribution in [3.63, 3.8) is 0 Å². The molecule has 2 aromatic rings. The number of benzene rings is 2. The minimum Gasteiger partial charge on any atom is -0.492 e. The van der Waals surface area contributed by atoms with Gasteiger partial charge in [0.25, 0.3) is 5.91 Å². The van der Waals surface area contributed by atoms with Gasteiger partial charge in [-0.3, -0.25) is 29.6 Å². The van der Waals surface area contributed by atoms with Gasteiger partial charge < -0.3 is 15.4 Å². The molecule has 4 aliphatic rings. The lowest BCUT2D eigenvalue weighted by molar-refractivity contribution is -0.136. The Kier molecular flexibility index (Phi) is 6.64. The number of imide groups is 1. The van der Waals surface area contributed by atoms with Crippen LogP contribution in [0.1, 0.15) is 47.2 Å². The first-order chi connectivity index (χ1) is 18.8. The minimum atomic E-state index is -0.634. The van der Waals surface area contributed by atoms with Crippen molar-refractivity contribution < 1.29 is 19.1 Å². The van der Waals surface area contributed by atoms with Gasteiger partial charge in [0.15, 0.2) is 0 Å². The van der Waals surface area contributed by atoms with E-state index in [0.29, 0.717) is 42.4 Å². The predicted molar refractivity (Wildman–Crippen MR) is 147 cm³/mol. The lowest BCUT2D eigenvalue weighted by atomic mass is 9.74. The molecule has 0 radical (unpaired) electrons. The van der Waals surface area contributed by atoms with Crippen molar-refractivity contribution in [2.75, 3.05) is 26.2 Å². The summed E-state index contributed by atoms with van der Waals surface area (Å²) in [5.74, 6) is -0.0843. The molecule has 4 aliphatic heterocycles. The molecule has 0 saturated carbocycles. The number of aliphatic imine (C=N–C) groups is 1. The van der Waals surface area contributed by atoms with Crippen LogP contribution in [0.25, 0.3) is 0 Å². The second kappa shape index (κ2) is 10.1. The van der Waals surface area contributed by atoms with Gasteiger partial charge in [-0.15, -0.1) is 0 Å². The smallest absolute Gasteiger partial charge is 0.255 e. The second-order valence-electron chi connectivity index (χ2n) is 10.7. The topological polar surface area (TPSA) is 117 Å². The van der Waals surface area contributed by atoms with E-state index in [1.807, 2.05) is 36.4 Å². The molecule has 1 atom stereocenters. The van der Waals surface area contributed by atoms with Gasteiger partial charge in [-0.1, -0.05) is 29.8 Å². The minimum absolute atomic E-state index is 0.101. The molecule has 6 rings (SSSR count). The number of amides is 3. The number of hydrogen-bond acceptors (Lipinski definition) is 7.